The Hall–Kier alpha value is -1.12. The molecule has 1 aromatic heterocycles. The van der Waals surface area contributed by atoms with Gasteiger partial charge in [-0.2, -0.15) is 5.26 Å². The van der Waals surface area contributed by atoms with E-state index in [1.165, 1.54) is 0 Å². The number of thioether (sulfide) groups is 1. The summed E-state index contributed by atoms with van der Waals surface area (Å²) in [6.07, 6.45) is 2.80. The Morgan fingerprint density at radius 3 is 2.61 bits per heavy atom. The number of rotatable bonds is 3. The van der Waals surface area contributed by atoms with E-state index in [9.17, 15) is 5.26 Å². The number of hydrogen-bond donors (Lipinski definition) is 1. The minimum absolute atomic E-state index is 0.351. The Morgan fingerprint density at radius 2 is 2.11 bits per heavy atom. The zero-order chi connectivity index (χ0) is 13.2. The molecule has 0 radical (unpaired) electrons. The summed E-state index contributed by atoms with van der Waals surface area (Å²) in [6, 6.07) is 4.38. The molecule has 5 heteroatoms. The summed E-state index contributed by atoms with van der Waals surface area (Å²) >= 11 is 1.70. The van der Waals surface area contributed by atoms with Crippen molar-refractivity contribution in [1.82, 2.24) is 15.3 Å². The number of nitriles is 1. The highest BCUT2D eigenvalue weighted by Gasteiger charge is 2.38. The molecule has 1 N–H and O–H groups in total. The Balaban J connectivity index is 2.06. The third-order valence-electron chi connectivity index (χ3n) is 3.40. The number of aromatic nitrogens is 2. The van der Waals surface area contributed by atoms with Crippen LogP contribution in [0.25, 0.3) is 0 Å². The largest absolute Gasteiger partial charge is 0.302 e. The molecule has 2 rings (SSSR count). The molecule has 1 aliphatic rings. The smallest absolute Gasteiger partial charge is 0.188 e. The Bertz CT molecular complexity index is 462. The maximum atomic E-state index is 9.24. The van der Waals surface area contributed by atoms with E-state index in [0.717, 1.165) is 35.8 Å². The quantitative estimate of drug-likeness (QED) is 0.846. The van der Waals surface area contributed by atoms with Crippen LogP contribution in [0.2, 0.25) is 0 Å². The van der Waals surface area contributed by atoms with Gasteiger partial charge in [0.1, 0.15) is 5.54 Å². The standard InChI is InChI=1S/C13H18N4S/c1-9-6-10(2)17-12(16-9)18-11-4-5-13(7-11,8-14)15-3/h6,11,15H,4-5,7H2,1-3H3. The van der Waals surface area contributed by atoms with Crippen molar-refractivity contribution in [3.05, 3.63) is 17.5 Å². The van der Waals surface area contributed by atoms with Gasteiger partial charge in [0.05, 0.1) is 6.07 Å². The van der Waals surface area contributed by atoms with Gasteiger partial charge >= 0.3 is 0 Å². The third kappa shape index (κ3) is 2.82. The van der Waals surface area contributed by atoms with Crippen LogP contribution in [0.15, 0.2) is 11.2 Å². The first kappa shape index (κ1) is 13.3. The van der Waals surface area contributed by atoms with E-state index >= 15 is 0 Å². The molecule has 1 heterocycles. The zero-order valence-electron chi connectivity index (χ0n) is 11.0. The van der Waals surface area contributed by atoms with Gasteiger partial charge in [-0.25, -0.2) is 9.97 Å². The van der Waals surface area contributed by atoms with Gasteiger partial charge in [0.2, 0.25) is 0 Å². The van der Waals surface area contributed by atoms with Crippen molar-refractivity contribution >= 4 is 11.8 Å². The third-order valence-corrected chi connectivity index (χ3v) is 4.52. The first-order valence-electron chi connectivity index (χ1n) is 6.16. The van der Waals surface area contributed by atoms with Gasteiger partial charge in [-0.3, -0.25) is 0 Å². The molecule has 2 atom stereocenters. The second-order valence-corrected chi connectivity index (χ2v) is 6.13. The van der Waals surface area contributed by atoms with Crippen molar-refractivity contribution in [1.29, 1.82) is 5.26 Å². The lowest BCUT2D eigenvalue weighted by Crippen LogP contribution is -2.38. The van der Waals surface area contributed by atoms with Crippen LogP contribution in [0.5, 0.6) is 0 Å². The van der Waals surface area contributed by atoms with Gasteiger partial charge in [0.15, 0.2) is 5.16 Å². The summed E-state index contributed by atoms with van der Waals surface area (Å²) in [6.45, 7) is 3.97. The average Bonchev–Trinajstić information content (AvgIpc) is 2.72. The lowest BCUT2D eigenvalue weighted by molar-refractivity contribution is 0.464. The fourth-order valence-electron chi connectivity index (χ4n) is 2.38. The Kier molecular flexibility index (Phi) is 3.88. The van der Waals surface area contributed by atoms with Gasteiger partial charge in [0.25, 0.3) is 0 Å². The molecule has 2 unspecified atom stereocenters. The van der Waals surface area contributed by atoms with Gasteiger partial charge < -0.3 is 5.32 Å². The molecule has 1 fully saturated rings. The molecule has 0 bridgehead atoms. The minimum atomic E-state index is -0.351. The van der Waals surface area contributed by atoms with Crippen molar-refractivity contribution in [2.24, 2.45) is 0 Å². The van der Waals surface area contributed by atoms with Crippen LogP contribution in [-0.4, -0.2) is 27.8 Å². The first-order valence-corrected chi connectivity index (χ1v) is 7.04. The number of nitrogens with one attached hydrogen (secondary N) is 1. The van der Waals surface area contributed by atoms with Crippen molar-refractivity contribution in [3.8, 4) is 6.07 Å². The van der Waals surface area contributed by atoms with Crippen LogP contribution in [0, 0.1) is 25.2 Å². The molecular formula is C13H18N4S. The highest BCUT2D eigenvalue weighted by molar-refractivity contribution is 7.99. The van der Waals surface area contributed by atoms with Crippen LogP contribution in [0.3, 0.4) is 0 Å². The maximum Gasteiger partial charge on any atom is 0.188 e. The first-order chi connectivity index (χ1) is 8.57. The monoisotopic (exact) mass is 262 g/mol. The number of aryl methyl sites for hydroxylation is 2. The second kappa shape index (κ2) is 5.25. The summed E-state index contributed by atoms with van der Waals surface area (Å²) in [7, 11) is 1.86. The van der Waals surface area contributed by atoms with E-state index in [4.69, 9.17) is 0 Å². The molecule has 18 heavy (non-hydrogen) atoms. The summed E-state index contributed by atoms with van der Waals surface area (Å²) in [5.74, 6) is 0. The van der Waals surface area contributed by atoms with E-state index in [1.54, 1.807) is 11.8 Å². The molecular weight excluding hydrogens is 244 g/mol. The van der Waals surface area contributed by atoms with Gasteiger partial charge in [-0.1, -0.05) is 11.8 Å². The topological polar surface area (TPSA) is 61.6 Å². The van der Waals surface area contributed by atoms with Crippen molar-refractivity contribution in [3.63, 3.8) is 0 Å². The lowest BCUT2D eigenvalue weighted by atomic mass is 10.0. The molecule has 1 aliphatic carbocycles. The fourth-order valence-corrected chi connectivity index (χ4v) is 3.68. The van der Waals surface area contributed by atoms with E-state index in [2.05, 4.69) is 21.4 Å². The highest BCUT2D eigenvalue weighted by atomic mass is 32.2. The van der Waals surface area contributed by atoms with E-state index in [1.807, 2.05) is 27.0 Å². The molecule has 0 saturated heterocycles. The molecule has 1 aromatic rings. The summed E-state index contributed by atoms with van der Waals surface area (Å²) in [4.78, 5) is 8.89. The van der Waals surface area contributed by atoms with Gasteiger partial charge in [-0.05, 0) is 46.2 Å². The predicted octanol–water partition coefficient (Wildman–Crippen LogP) is 2.22. The van der Waals surface area contributed by atoms with Crippen LogP contribution in [0.4, 0.5) is 0 Å². The fraction of sp³-hybridized carbons (Fsp3) is 0.615. The number of nitrogens with zero attached hydrogens (tertiary/aromatic N) is 3. The van der Waals surface area contributed by atoms with Crippen molar-refractivity contribution in [2.75, 3.05) is 7.05 Å². The summed E-state index contributed by atoms with van der Waals surface area (Å²) < 4.78 is 0. The van der Waals surface area contributed by atoms with Crippen LogP contribution < -0.4 is 5.32 Å². The molecule has 1 saturated carbocycles. The van der Waals surface area contributed by atoms with E-state index in [-0.39, 0.29) is 5.54 Å². The Morgan fingerprint density at radius 1 is 1.44 bits per heavy atom. The normalized spacial score (nSPS) is 27.1. The summed E-state index contributed by atoms with van der Waals surface area (Å²) in [5, 5.41) is 13.7. The molecule has 4 nitrogen and oxygen atoms in total. The lowest BCUT2D eigenvalue weighted by Gasteiger charge is -2.19. The predicted molar refractivity (Wildman–Crippen MR) is 72.4 cm³/mol. The van der Waals surface area contributed by atoms with Crippen LogP contribution in [-0.2, 0) is 0 Å². The van der Waals surface area contributed by atoms with Crippen molar-refractivity contribution < 1.29 is 0 Å². The molecule has 96 valence electrons. The average molecular weight is 262 g/mol. The van der Waals surface area contributed by atoms with Crippen LogP contribution in [0.1, 0.15) is 30.7 Å². The number of hydrogen-bond acceptors (Lipinski definition) is 5. The Labute approximate surface area is 112 Å². The van der Waals surface area contributed by atoms with Gasteiger partial charge in [-0.15, -0.1) is 0 Å². The maximum absolute atomic E-state index is 9.24. The van der Waals surface area contributed by atoms with Gasteiger partial charge in [0, 0.05) is 16.6 Å². The SMILES string of the molecule is CNC1(C#N)CCC(Sc2nc(C)cc(C)n2)C1. The molecule has 0 spiro atoms. The van der Waals surface area contributed by atoms with E-state index in [0.29, 0.717) is 5.25 Å². The van der Waals surface area contributed by atoms with Crippen molar-refractivity contribution in [2.45, 2.75) is 49.1 Å². The minimum Gasteiger partial charge on any atom is -0.302 e. The molecule has 0 amide bonds. The molecule has 0 aromatic carbocycles. The van der Waals surface area contributed by atoms with Crippen LogP contribution >= 0.6 is 11.8 Å². The highest BCUT2D eigenvalue weighted by Crippen LogP contribution is 2.38. The second-order valence-electron chi connectivity index (χ2n) is 4.86. The van der Waals surface area contributed by atoms with E-state index < -0.39 is 0 Å². The molecule has 0 aliphatic heterocycles. The zero-order valence-corrected chi connectivity index (χ0v) is 11.8. The summed E-state index contributed by atoms with van der Waals surface area (Å²) in [5.41, 5.74) is 1.66.